The van der Waals surface area contributed by atoms with Crippen molar-refractivity contribution in [3.05, 3.63) is 65.7 Å². The average molecular weight is 337 g/mol. The Bertz CT molecular complexity index is 720. The van der Waals surface area contributed by atoms with Gasteiger partial charge >= 0.3 is 0 Å². The van der Waals surface area contributed by atoms with E-state index in [1.807, 2.05) is 18.2 Å². The highest BCUT2D eigenvalue weighted by atomic mass is 16.1. The number of rotatable bonds is 5. The van der Waals surface area contributed by atoms with Crippen LogP contribution < -0.4 is 5.32 Å². The highest BCUT2D eigenvalue weighted by molar-refractivity contribution is 6.04. The second-order valence-corrected chi connectivity index (χ2v) is 6.40. The van der Waals surface area contributed by atoms with E-state index in [9.17, 15) is 9.59 Å². The maximum atomic E-state index is 12.4. The molecule has 0 saturated carbocycles. The third kappa shape index (κ3) is 4.75. The molecule has 0 aromatic heterocycles. The van der Waals surface area contributed by atoms with Gasteiger partial charge in [0.25, 0.3) is 5.91 Å². The first kappa shape index (κ1) is 17.3. The molecule has 0 unspecified atom stereocenters. The summed E-state index contributed by atoms with van der Waals surface area (Å²) in [6.45, 7) is 4.29. The number of amides is 1. The molecule has 0 spiro atoms. The van der Waals surface area contributed by atoms with Crippen molar-refractivity contribution in [1.82, 2.24) is 9.80 Å². The Labute approximate surface area is 148 Å². The van der Waals surface area contributed by atoms with E-state index in [0.29, 0.717) is 23.4 Å². The predicted molar refractivity (Wildman–Crippen MR) is 99.1 cm³/mol. The quantitative estimate of drug-likeness (QED) is 0.851. The molecular formula is C20H23N3O2. The number of Topliss-reactive ketones (excluding diaryl/α,β-unsaturated/α-hetero) is 1. The van der Waals surface area contributed by atoms with Crippen LogP contribution >= 0.6 is 0 Å². The second-order valence-electron chi connectivity index (χ2n) is 6.40. The van der Waals surface area contributed by atoms with E-state index < -0.39 is 0 Å². The van der Waals surface area contributed by atoms with Crippen molar-refractivity contribution in [1.29, 1.82) is 0 Å². The van der Waals surface area contributed by atoms with Crippen molar-refractivity contribution in [3.8, 4) is 0 Å². The molecule has 25 heavy (non-hydrogen) atoms. The summed E-state index contributed by atoms with van der Waals surface area (Å²) >= 11 is 0. The van der Waals surface area contributed by atoms with Gasteiger partial charge in [-0.25, -0.2) is 0 Å². The third-order valence-corrected chi connectivity index (χ3v) is 4.46. The Morgan fingerprint density at radius 3 is 2.16 bits per heavy atom. The molecule has 2 aromatic carbocycles. The van der Waals surface area contributed by atoms with Crippen molar-refractivity contribution in [2.75, 3.05) is 45.1 Å². The number of nitrogens with one attached hydrogen (secondary N) is 1. The summed E-state index contributed by atoms with van der Waals surface area (Å²) < 4.78 is 0. The Hall–Kier alpha value is -2.50. The number of benzene rings is 2. The minimum Gasteiger partial charge on any atom is -0.322 e. The number of carbonyl (C=O) groups is 2. The van der Waals surface area contributed by atoms with Crippen LogP contribution in [0.4, 0.5) is 5.69 Å². The third-order valence-electron chi connectivity index (χ3n) is 4.46. The molecular weight excluding hydrogens is 314 g/mol. The first-order valence-corrected chi connectivity index (χ1v) is 8.52. The molecule has 0 radical (unpaired) electrons. The molecule has 1 heterocycles. The SMILES string of the molecule is CN1CCN(CC(=O)c2ccc(NC(=O)c3ccccc3)cc2)CC1. The minimum atomic E-state index is -0.155. The van der Waals surface area contributed by atoms with Crippen LogP contribution in [0.15, 0.2) is 54.6 Å². The standard InChI is InChI=1S/C20H23N3O2/c1-22-11-13-23(14-12-22)15-19(24)16-7-9-18(10-8-16)21-20(25)17-5-3-2-4-6-17/h2-10H,11-15H2,1H3,(H,21,25). The largest absolute Gasteiger partial charge is 0.322 e. The number of piperazine rings is 1. The van der Waals surface area contributed by atoms with Crippen LogP contribution in [-0.2, 0) is 0 Å². The molecule has 3 rings (SSSR count). The second kappa shape index (κ2) is 8.05. The van der Waals surface area contributed by atoms with Crippen LogP contribution in [0.1, 0.15) is 20.7 Å². The Morgan fingerprint density at radius 2 is 1.52 bits per heavy atom. The normalized spacial score (nSPS) is 15.7. The molecule has 1 N–H and O–H groups in total. The molecule has 0 atom stereocenters. The lowest BCUT2D eigenvalue weighted by Gasteiger charge is -2.31. The lowest BCUT2D eigenvalue weighted by Crippen LogP contribution is -2.46. The van der Waals surface area contributed by atoms with Gasteiger partial charge in [0.15, 0.2) is 5.78 Å². The molecule has 1 saturated heterocycles. The van der Waals surface area contributed by atoms with Crippen LogP contribution in [0, 0.1) is 0 Å². The van der Waals surface area contributed by atoms with Crippen molar-refractivity contribution >= 4 is 17.4 Å². The van der Waals surface area contributed by atoms with Crippen LogP contribution in [0.25, 0.3) is 0 Å². The van der Waals surface area contributed by atoms with E-state index >= 15 is 0 Å². The predicted octanol–water partition coefficient (Wildman–Crippen LogP) is 2.37. The summed E-state index contributed by atoms with van der Waals surface area (Å²) in [7, 11) is 2.10. The summed E-state index contributed by atoms with van der Waals surface area (Å²) in [6.07, 6.45) is 0. The van der Waals surface area contributed by atoms with E-state index in [4.69, 9.17) is 0 Å². The van der Waals surface area contributed by atoms with E-state index in [1.165, 1.54) is 0 Å². The van der Waals surface area contributed by atoms with E-state index in [0.717, 1.165) is 26.2 Å². The number of carbonyl (C=O) groups excluding carboxylic acids is 2. The average Bonchev–Trinajstić information content (AvgIpc) is 2.65. The summed E-state index contributed by atoms with van der Waals surface area (Å²) in [4.78, 5) is 29.0. The smallest absolute Gasteiger partial charge is 0.255 e. The molecule has 5 nitrogen and oxygen atoms in total. The van der Waals surface area contributed by atoms with Gasteiger partial charge in [-0.15, -0.1) is 0 Å². The molecule has 1 aliphatic rings. The summed E-state index contributed by atoms with van der Waals surface area (Å²) in [5.41, 5.74) is 1.97. The molecule has 1 amide bonds. The molecule has 1 fully saturated rings. The summed E-state index contributed by atoms with van der Waals surface area (Å²) in [5.74, 6) is -0.0393. The fourth-order valence-electron chi connectivity index (χ4n) is 2.83. The zero-order valence-electron chi connectivity index (χ0n) is 14.4. The molecule has 0 aliphatic carbocycles. The molecule has 2 aromatic rings. The number of anilines is 1. The van der Waals surface area contributed by atoms with Gasteiger partial charge in [0.2, 0.25) is 0 Å². The number of hydrogen-bond donors (Lipinski definition) is 1. The molecule has 130 valence electrons. The van der Waals surface area contributed by atoms with E-state index in [2.05, 4.69) is 22.2 Å². The van der Waals surface area contributed by atoms with Gasteiger partial charge in [-0.05, 0) is 43.4 Å². The zero-order valence-corrected chi connectivity index (χ0v) is 14.4. The fraction of sp³-hybridized carbons (Fsp3) is 0.300. The molecule has 5 heteroatoms. The number of ketones is 1. The topological polar surface area (TPSA) is 52.6 Å². The van der Waals surface area contributed by atoms with Crippen molar-refractivity contribution in [2.24, 2.45) is 0 Å². The van der Waals surface area contributed by atoms with Crippen molar-refractivity contribution in [3.63, 3.8) is 0 Å². The number of likely N-dealkylation sites (N-methyl/N-ethyl adjacent to an activating group) is 1. The number of hydrogen-bond acceptors (Lipinski definition) is 4. The lowest BCUT2D eigenvalue weighted by atomic mass is 10.1. The fourth-order valence-corrected chi connectivity index (χ4v) is 2.83. The maximum Gasteiger partial charge on any atom is 0.255 e. The molecule has 0 bridgehead atoms. The Balaban J connectivity index is 1.56. The Kier molecular flexibility index (Phi) is 5.58. The van der Waals surface area contributed by atoms with Crippen LogP contribution in [0.5, 0.6) is 0 Å². The van der Waals surface area contributed by atoms with Gasteiger partial charge < -0.3 is 10.2 Å². The van der Waals surface area contributed by atoms with Gasteiger partial charge in [-0.2, -0.15) is 0 Å². The Morgan fingerprint density at radius 1 is 0.880 bits per heavy atom. The van der Waals surface area contributed by atoms with Crippen LogP contribution in [0.2, 0.25) is 0 Å². The highest BCUT2D eigenvalue weighted by Gasteiger charge is 2.17. The zero-order chi connectivity index (χ0) is 17.6. The van der Waals surface area contributed by atoms with Gasteiger partial charge in [0.1, 0.15) is 0 Å². The highest BCUT2D eigenvalue weighted by Crippen LogP contribution is 2.13. The number of nitrogens with zero attached hydrogens (tertiary/aromatic N) is 2. The summed E-state index contributed by atoms with van der Waals surface area (Å²) in [5, 5.41) is 2.84. The van der Waals surface area contributed by atoms with Crippen molar-refractivity contribution < 1.29 is 9.59 Å². The molecule has 1 aliphatic heterocycles. The van der Waals surface area contributed by atoms with Gasteiger partial charge in [0.05, 0.1) is 6.54 Å². The first-order valence-electron chi connectivity index (χ1n) is 8.52. The van der Waals surface area contributed by atoms with E-state index in [-0.39, 0.29) is 11.7 Å². The van der Waals surface area contributed by atoms with Gasteiger partial charge in [0, 0.05) is 43.0 Å². The van der Waals surface area contributed by atoms with Crippen LogP contribution in [-0.4, -0.2) is 61.3 Å². The van der Waals surface area contributed by atoms with Gasteiger partial charge in [-0.3, -0.25) is 14.5 Å². The van der Waals surface area contributed by atoms with Gasteiger partial charge in [-0.1, -0.05) is 18.2 Å². The van der Waals surface area contributed by atoms with Crippen LogP contribution in [0.3, 0.4) is 0 Å². The monoisotopic (exact) mass is 337 g/mol. The minimum absolute atomic E-state index is 0.116. The lowest BCUT2D eigenvalue weighted by molar-refractivity contribution is 0.0876. The van der Waals surface area contributed by atoms with E-state index in [1.54, 1.807) is 36.4 Å². The summed E-state index contributed by atoms with van der Waals surface area (Å²) in [6, 6.07) is 16.2. The first-order chi connectivity index (χ1) is 12.1. The van der Waals surface area contributed by atoms with Crippen molar-refractivity contribution in [2.45, 2.75) is 0 Å². The maximum absolute atomic E-state index is 12.4.